The standard InChI is InChI=1S/C21H28IN5O3/c1-12(2)14-8-17(29-3)15(22)9-16(14)30-18-10-25-21(27-20(18)23)26-19(28)11-24-13-6-4-5-7-13/h8-10,12-13,24H,4-7,11H2,1-3H3,(H3,23,25,26,27,28). The number of ether oxygens (including phenoxy) is 2. The summed E-state index contributed by atoms with van der Waals surface area (Å²) in [6.45, 7) is 4.38. The van der Waals surface area contributed by atoms with Gasteiger partial charge < -0.3 is 20.5 Å². The fraction of sp³-hybridized carbons (Fsp3) is 0.476. The molecule has 4 N–H and O–H groups in total. The Labute approximate surface area is 190 Å². The smallest absolute Gasteiger partial charge is 0.240 e. The molecule has 0 aliphatic heterocycles. The van der Waals surface area contributed by atoms with Gasteiger partial charge in [0.15, 0.2) is 11.6 Å². The van der Waals surface area contributed by atoms with Crippen molar-refractivity contribution in [2.75, 3.05) is 24.7 Å². The van der Waals surface area contributed by atoms with Crippen LogP contribution in [0.5, 0.6) is 17.2 Å². The van der Waals surface area contributed by atoms with Gasteiger partial charge in [0, 0.05) is 11.6 Å². The van der Waals surface area contributed by atoms with Gasteiger partial charge in [-0.05, 0) is 53.5 Å². The van der Waals surface area contributed by atoms with E-state index in [0.717, 1.165) is 27.7 Å². The number of carbonyl (C=O) groups is 1. The number of hydrogen-bond acceptors (Lipinski definition) is 7. The van der Waals surface area contributed by atoms with Gasteiger partial charge in [-0.3, -0.25) is 10.1 Å². The Bertz CT molecular complexity index is 900. The van der Waals surface area contributed by atoms with Crippen molar-refractivity contribution in [2.45, 2.75) is 51.5 Å². The Morgan fingerprint density at radius 3 is 2.63 bits per heavy atom. The highest BCUT2D eigenvalue weighted by molar-refractivity contribution is 14.1. The highest BCUT2D eigenvalue weighted by Crippen LogP contribution is 2.37. The summed E-state index contributed by atoms with van der Waals surface area (Å²) in [4.78, 5) is 20.5. The molecule has 0 unspecified atom stereocenters. The number of rotatable bonds is 8. The molecule has 0 atom stereocenters. The van der Waals surface area contributed by atoms with E-state index in [1.165, 1.54) is 19.0 Å². The highest BCUT2D eigenvalue weighted by atomic mass is 127. The van der Waals surface area contributed by atoms with Gasteiger partial charge in [0.2, 0.25) is 11.9 Å². The molecule has 1 aliphatic rings. The van der Waals surface area contributed by atoms with Crippen molar-refractivity contribution >= 4 is 40.3 Å². The summed E-state index contributed by atoms with van der Waals surface area (Å²) in [6, 6.07) is 4.28. The summed E-state index contributed by atoms with van der Waals surface area (Å²) < 4.78 is 12.4. The second-order valence-electron chi connectivity index (χ2n) is 7.63. The van der Waals surface area contributed by atoms with Crippen LogP contribution < -0.4 is 25.8 Å². The maximum absolute atomic E-state index is 12.1. The summed E-state index contributed by atoms with van der Waals surface area (Å²) in [5.41, 5.74) is 7.06. The third kappa shape index (κ3) is 5.72. The first-order valence-electron chi connectivity index (χ1n) is 10.1. The number of nitrogen functional groups attached to an aromatic ring is 1. The van der Waals surface area contributed by atoms with Crippen molar-refractivity contribution in [1.29, 1.82) is 0 Å². The van der Waals surface area contributed by atoms with Crippen molar-refractivity contribution in [3.05, 3.63) is 27.5 Å². The summed E-state index contributed by atoms with van der Waals surface area (Å²) in [6.07, 6.45) is 6.14. The number of carbonyl (C=O) groups excluding carboxylic acids is 1. The van der Waals surface area contributed by atoms with Crippen LogP contribution in [0.2, 0.25) is 0 Å². The van der Waals surface area contributed by atoms with E-state index in [4.69, 9.17) is 15.2 Å². The summed E-state index contributed by atoms with van der Waals surface area (Å²) in [7, 11) is 1.64. The number of anilines is 2. The minimum atomic E-state index is -0.193. The highest BCUT2D eigenvalue weighted by Gasteiger charge is 2.18. The Kier molecular flexibility index (Phi) is 7.70. The quantitative estimate of drug-likeness (QED) is 0.446. The minimum Gasteiger partial charge on any atom is -0.496 e. The second-order valence-corrected chi connectivity index (χ2v) is 8.80. The van der Waals surface area contributed by atoms with E-state index in [1.807, 2.05) is 12.1 Å². The number of methoxy groups -OCH3 is 1. The number of hydrogen-bond donors (Lipinski definition) is 3. The largest absolute Gasteiger partial charge is 0.496 e. The van der Waals surface area contributed by atoms with Gasteiger partial charge in [-0.25, -0.2) is 4.98 Å². The van der Waals surface area contributed by atoms with Gasteiger partial charge in [-0.1, -0.05) is 26.7 Å². The van der Waals surface area contributed by atoms with Gasteiger partial charge in [0.25, 0.3) is 0 Å². The Morgan fingerprint density at radius 1 is 1.27 bits per heavy atom. The van der Waals surface area contributed by atoms with Crippen LogP contribution in [0.3, 0.4) is 0 Å². The molecule has 1 aromatic carbocycles. The van der Waals surface area contributed by atoms with Crippen LogP contribution >= 0.6 is 22.6 Å². The van der Waals surface area contributed by atoms with Crippen molar-refractivity contribution < 1.29 is 14.3 Å². The lowest BCUT2D eigenvalue weighted by molar-refractivity contribution is -0.115. The monoisotopic (exact) mass is 525 g/mol. The number of halogens is 1. The minimum absolute atomic E-state index is 0.157. The van der Waals surface area contributed by atoms with Crippen LogP contribution in [0.15, 0.2) is 18.3 Å². The molecular weight excluding hydrogens is 497 g/mol. The fourth-order valence-corrected chi connectivity index (χ4v) is 4.08. The van der Waals surface area contributed by atoms with E-state index in [1.54, 1.807) is 7.11 Å². The molecule has 162 valence electrons. The Morgan fingerprint density at radius 2 is 2.00 bits per heavy atom. The van der Waals surface area contributed by atoms with Crippen LogP contribution in [-0.2, 0) is 4.79 Å². The first-order chi connectivity index (χ1) is 14.4. The molecule has 0 bridgehead atoms. The molecule has 0 saturated heterocycles. The molecule has 1 aliphatic carbocycles. The average molecular weight is 525 g/mol. The molecular formula is C21H28IN5O3. The molecule has 1 amide bonds. The average Bonchev–Trinajstić information content (AvgIpc) is 3.22. The van der Waals surface area contributed by atoms with E-state index >= 15 is 0 Å². The number of nitrogens with zero attached hydrogens (tertiary/aromatic N) is 2. The third-order valence-corrected chi connectivity index (χ3v) is 5.91. The summed E-state index contributed by atoms with van der Waals surface area (Å²) >= 11 is 2.20. The van der Waals surface area contributed by atoms with Crippen molar-refractivity contribution in [1.82, 2.24) is 15.3 Å². The van der Waals surface area contributed by atoms with Crippen LogP contribution in [0.25, 0.3) is 0 Å². The maximum Gasteiger partial charge on any atom is 0.240 e. The zero-order chi connectivity index (χ0) is 21.7. The molecule has 0 radical (unpaired) electrons. The lowest BCUT2D eigenvalue weighted by atomic mass is 10.0. The SMILES string of the molecule is COc1cc(C(C)C)c(Oc2cnc(NC(=O)CNC3CCCC3)nc2N)cc1I. The predicted molar refractivity (Wildman–Crippen MR) is 125 cm³/mol. The number of aromatic nitrogens is 2. The van der Waals surface area contributed by atoms with E-state index in [2.05, 4.69) is 57.0 Å². The molecule has 1 heterocycles. The van der Waals surface area contributed by atoms with E-state index in [0.29, 0.717) is 17.5 Å². The lowest BCUT2D eigenvalue weighted by Crippen LogP contribution is -2.34. The van der Waals surface area contributed by atoms with Crippen LogP contribution in [-0.4, -0.2) is 35.6 Å². The molecule has 30 heavy (non-hydrogen) atoms. The van der Waals surface area contributed by atoms with E-state index in [-0.39, 0.29) is 30.1 Å². The number of benzene rings is 1. The van der Waals surface area contributed by atoms with Gasteiger partial charge in [0.1, 0.15) is 11.5 Å². The number of nitrogens with one attached hydrogen (secondary N) is 2. The van der Waals surface area contributed by atoms with Gasteiger partial charge >= 0.3 is 0 Å². The fourth-order valence-electron chi connectivity index (χ4n) is 3.42. The molecule has 2 aromatic rings. The number of amides is 1. The normalized spacial score (nSPS) is 14.2. The van der Waals surface area contributed by atoms with Crippen molar-refractivity contribution in [2.24, 2.45) is 0 Å². The third-order valence-electron chi connectivity index (χ3n) is 5.07. The lowest BCUT2D eigenvalue weighted by Gasteiger charge is -2.17. The van der Waals surface area contributed by atoms with E-state index < -0.39 is 0 Å². The molecule has 3 rings (SSSR count). The zero-order valence-electron chi connectivity index (χ0n) is 17.5. The molecule has 1 aromatic heterocycles. The predicted octanol–water partition coefficient (Wildman–Crippen LogP) is 4.06. The van der Waals surface area contributed by atoms with Gasteiger partial charge in [-0.2, -0.15) is 4.98 Å². The first-order valence-corrected chi connectivity index (χ1v) is 11.2. The second kappa shape index (κ2) is 10.3. The molecule has 1 fully saturated rings. The van der Waals surface area contributed by atoms with Crippen molar-refractivity contribution in [3.63, 3.8) is 0 Å². The maximum atomic E-state index is 12.1. The van der Waals surface area contributed by atoms with Crippen LogP contribution in [0, 0.1) is 3.57 Å². The topological polar surface area (TPSA) is 111 Å². The zero-order valence-corrected chi connectivity index (χ0v) is 19.7. The summed E-state index contributed by atoms with van der Waals surface area (Å²) in [5.74, 6) is 2.14. The first kappa shape index (κ1) is 22.5. The van der Waals surface area contributed by atoms with Crippen LogP contribution in [0.4, 0.5) is 11.8 Å². The molecule has 1 saturated carbocycles. The van der Waals surface area contributed by atoms with Crippen molar-refractivity contribution in [3.8, 4) is 17.2 Å². The van der Waals surface area contributed by atoms with Gasteiger partial charge in [0.05, 0.1) is 23.4 Å². The summed E-state index contributed by atoms with van der Waals surface area (Å²) in [5, 5.41) is 5.93. The number of nitrogens with two attached hydrogens (primary N) is 1. The van der Waals surface area contributed by atoms with E-state index in [9.17, 15) is 4.79 Å². The van der Waals surface area contributed by atoms with Crippen LogP contribution in [0.1, 0.15) is 51.0 Å². The van der Waals surface area contributed by atoms with Gasteiger partial charge in [-0.15, -0.1) is 0 Å². The molecule has 0 spiro atoms. The Balaban J connectivity index is 1.68. The molecule has 8 nitrogen and oxygen atoms in total. The molecule has 9 heteroatoms. The Hall–Kier alpha value is -2.14.